The lowest BCUT2D eigenvalue weighted by molar-refractivity contribution is -0.148. The molecule has 1 aromatic rings. The van der Waals surface area contributed by atoms with Gasteiger partial charge in [-0.25, -0.2) is 0 Å². The maximum absolute atomic E-state index is 14.5. The molecule has 25 heteroatoms. The van der Waals surface area contributed by atoms with Gasteiger partial charge in [0.2, 0.25) is 41.4 Å². The maximum atomic E-state index is 14.5. The Kier molecular flexibility index (Phi) is 25.9. The van der Waals surface area contributed by atoms with E-state index in [4.69, 9.17) is 5.73 Å². The van der Waals surface area contributed by atoms with Crippen molar-refractivity contribution in [1.82, 2.24) is 41.7 Å². The third-order valence-corrected chi connectivity index (χ3v) is 14.7. The van der Waals surface area contributed by atoms with Crippen LogP contribution in [0.1, 0.15) is 129 Å². The zero-order valence-electron chi connectivity index (χ0n) is 44.6. The van der Waals surface area contributed by atoms with Crippen LogP contribution in [0.25, 0.3) is 0 Å². The first-order valence-electron chi connectivity index (χ1n) is 27.0. The zero-order valence-corrected chi connectivity index (χ0v) is 44.6. The highest BCUT2D eigenvalue weighted by Gasteiger charge is 2.49. The molecule has 1 aromatic carbocycles. The number of unbranched alkanes of at least 4 members (excludes halogenated alkanes) is 5. The first-order chi connectivity index (χ1) is 36.5. The SMILES string of the molecule is CCC(C)CC(C)CCCCCCCCC(=O)N[C@H]1C[C@@H](O)[C@@H](NCCN)NC(=O)[C@@H]2[C@@H](O)CCN2C(=O)C([C@H](O)CC#N)NC(=O)C([C@H](O)[C@@H](O)c2ccc(O)cc2)NC(=O)[C@@H]2C[C@@H](O)CN2C(=O)[C@H]([C@@H](C)O)NC1=O. The molecule has 0 aromatic heterocycles. The fourth-order valence-electron chi connectivity index (χ4n) is 10.1. The third-order valence-electron chi connectivity index (χ3n) is 14.7. The first-order valence-corrected chi connectivity index (χ1v) is 27.0. The molecule has 3 fully saturated rings. The zero-order chi connectivity index (χ0) is 57.1. The van der Waals surface area contributed by atoms with Gasteiger partial charge in [0.25, 0.3) is 0 Å². The molecule has 0 aliphatic carbocycles. The van der Waals surface area contributed by atoms with Crippen molar-refractivity contribution in [2.45, 2.75) is 203 Å². The summed E-state index contributed by atoms with van der Waals surface area (Å²) >= 11 is 0. The smallest absolute Gasteiger partial charge is 0.248 e. The topological polar surface area (TPSA) is 410 Å². The average Bonchev–Trinajstić information content (AvgIpc) is 3.99. The van der Waals surface area contributed by atoms with Gasteiger partial charge in [-0.05, 0) is 55.7 Å². The number of phenolic OH excluding ortho intramolecular Hbond substituents is 1. The van der Waals surface area contributed by atoms with Crippen LogP contribution in [-0.4, -0.2) is 197 Å². The van der Waals surface area contributed by atoms with Gasteiger partial charge in [-0.2, -0.15) is 5.26 Å². The van der Waals surface area contributed by atoms with E-state index in [1.54, 1.807) is 6.07 Å². The minimum Gasteiger partial charge on any atom is -0.508 e. The number of hydrogen-bond acceptors (Lipinski definition) is 18. The number of nitrogens with two attached hydrogens (primary N) is 1. The number of benzene rings is 1. The van der Waals surface area contributed by atoms with Crippen molar-refractivity contribution in [3.05, 3.63) is 29.8 Å². The van der Waals surface area contributed by atoms with Crippen molar-refractivity contribution in [3.8, 4) is 11.8 Å². The van der Waals surface area contributed by atoms with Gasteiger partial charge in [-0.15, -0.1) is 0 Å². The molecular weight excluding hydrogens is 1000 g/mol. The Hall–Kier alpha value is -5.56. The number of aliphatic hydroxyl groups excluding tert-OH is 7. The summed E-state index contributed by atoms with van der Waals surface area (Å²) in [4.78, 5) is 102. The molecule has 16 N–H and O–H groups in total. The molecule has 0 bridgehead atoms. The third kappa shape index (κ3) is 18.5. The Morgan fingerprint density at radius 3 is 2.04 bits per heavy atom. The molecule has 0 radical (unpaired) electrons. The van der Waals surface area contributed by atoms with E-state index >= 15 is 0 Å². The molecule has 3 saturated heterocycles. The number of carbonyl (C=O) groups is 7. The quantitative estimate of drug-likeness (QED) is 0.0524. The van der Waals surface area contributed by atoms with Crippen molar-refractivity contribution in [2.75, 3.05) is 26.2 Å². The molecule has 3 heterocycles. The van der Waals surface area contributed by atoms with E-state index in [2.05, 4.69) is 52.7 Å². The summed E-state index contributed by atoms with van der Waals surface area (Å²) in [5.74, 6) is -6.74. The predicted molar refractivity (Wildman–Crippen MR) is 277 cm³/mol. The highest BCUT2D eigenvalue weighted by molar-refractivity contribution is 5.98. The molecule has 25 nitrogen and oxygen atoms in total. The number of carbonyl (C=O) groups excluding carboxylic acids is 7. The van der Waals surface area contributed by atoms with Gasteiger partial charge in [-0.1, -0.05) is 77.8 Å². The Bertz CT molecular complexity index is 2150. The number of rotatable bonds is 22. The van der Waals surface area contributed by atoms with Crippen LogP contribution < -0.4 is 37.6 Å². The number of hydrogen-bond donors (Lipinski definition) is 15. The van der Waals surface area contributed by atoms with Gasteiger partial charge in [0, 0.05) is 45.4 Å². The van der Waals surface area contributed by atoms with Crippen LogP contribution >= 0.6 is 0 Å². The molecule has 3 aliphatic heterocycles. The van der Waals surface area contributed by atoms with E-state index in [1.165, 1.54) is 18.6 Å². The van der Waals surface area contributed by atoms with Crippen LogP contribution in [0.5, 0.6) is 5.75 Å². The van der Waals surface area contributed by atoms with Gasteiger partial charge >= 0.3 is 0 Å². The summed E-state index contributed by atoms with van der Waals surface area (Å²) in [7, 11) is 0. The summed E-state index contributed by atoms with van der Waals surface area (Å²) < 4.78 is 0. The van der Waals surface area contributed by atoms with Crippen molar-refractivity contribution in [3.63, 3.8) is 0 Å². The van der Waals surface area contributed by atoms with Crippen molar-refractivity contribution in [2.24, 2.45) is 17.6 Å². The molecule has 4 rings (SSSR count). The van der Waals surface area contributed by atoms with Gasteiger partial charge < -0.3 is 83.0 Å². The number of fused-ring (bicyclic) bond motifs is 2. The van der Waals surface area contributed by atoms with Crippen molar-refractivity contribution in [1.29, 1.82) is 5.26 Å². The average molecular weight is 1090 g/mol. The fourth-order valence-corrected chi connectivity index (χ4v) is 10.1. The number of nitriles is 1. The molecule has 3 aliphatic rings. The molecule has 0 spiro atoms. The lowest BCUT2D eigenvalue weighted by Crippen LogP contribution is -2.65. The van der Waals surface area contributed by atoms with Gasteiger partial charge in [0.1, 0.15) is 60.4 Å². The Morgan fingerprint density at radius 1 is 0.779 bits per heavy atom. The van der Waals surface area contributed by atoms with Gasteiger partial charge in [0.05, 0.1) is 43.0 Å². The lowest BCUT2D eigenvalue weighted by atomic mass is 9.91. The highest BCUT2D eigenvalue weighted by atomic mass is 16.3. The van der Waals surface area contributed by atoms with E-state index in [1.807, 2.05) is 0 Å². The molecule has 77 heavy (non-hydrogen) atoms. The summed E-state index contributed by atoms with van der Waals surface area (Å²) in [6.45, 7) is 6.84. The van der Waals surface area contributed by atoms with E-state index < -0.39 is 152 Å². The molecule has 7 amide bonds. The number of nitrogens with zero attached hydrogens (tertiary/aromatic N) is 3. The Morgan fingerprint density at radius 2 is 1.40 bits per heavy atom. The molecule has 4 unspecified atom stereocenters. The minimum atomic E-state index is -2.32. The Balaban J connectivity index is 1.73. The predicted octanol–water partition coefficient (Wildman–Crippen LogP) is -2.75. The second-order valence-electron chi connectivity index (χ2n) is 21.1. The largest absolute Gasteiger partial charge is 0.508 e. The standard InChI is InChI=1S/C52H84N10O15/c1-5-28(2)24-29(3)12-10-8-6-7-9-11-13-39(69)56-34-26-38(68)46(55-22-21-54)60-50(75)43-37(67)19-23-61(43)52(77)41(36(66)18-20-53)58-49(74)42(45(71)44(70)31-14-16-32(64)17-15-31)59-48(73)35-25-33(65)27-62(35)51(76)40(30(4)63)57-47(34)72/h14-17,28-30,33-38,40-46,55,63-68,70-71H,5-13,18-19,21-27,54H2,1-4H3,(H,56,69)(H,57,72)(H,58,74)(H,59,73)(H,60,75)/t28?,29?,30-,33-,34+,35+,36-,37+,38-,40+,41?,42?,43+,44+,45+,46+/m1/s1. The van der Waals surface area contributed by atoms with E-state index in [-0.39, 0.29) is 43.8 Å². The monoisotopic (exact) mass is 1090 g/mol. The second kappa shape index (κ2) is 31.1. The number of aromatic hydroxyl groups is 1. The summed E-state index contributed by atoms with van der Waals surface area (Å²) in [6, 6.07) is -5.11. The van der Waals surface area contributed by atoms with Crippen LogP contribution in [0, 0.1) is 23.2 Å². The van der Waals surface area contributed by atoms with Crippen molar-refractivity contribution < 1.29 is 74.4 Å². The van der Waals surface area contributed by atoms with Crippen LogP contribution in [-0.2, 0) is 33.6 Å². The lowest BCUT2D eigenvalue weighted by Gasteiger charge is -2.34. The number of aliphatic hydroxyl groups is 7. The minimum absolute atomic E-state index is 0.0366. The summed E-state index contributed by atoms with van der Waals surface area (Å²) in [6.07, 6.45) is -8.00. The molecule has 16 atom stereocenters. The Labute approximate surface area is 449 Å². The van der Waals surface area contributed by atoms with Crippen molar-refractivity contribution >= 4 is 41.4 Å². The van der Waals surface area contributed by atoms with Crippen LogP contribution in [0.4, 0.5) is 0 Å². The normalized spacial score (nSPS) is 28.5. The second-order valence-corrected chi connectivity index (χ2v) is 21.1. The van der Waals surface area contributed by atoms with Crippen LogP contribution in [0.2, 0.25) is 0 Å². The summed E-state index contributed by atoms with van der Waals surface area (Å²) in [5, 5.41) is 114. The summed E-state index contributed by atoms with van der Waals surface area (Å²) in [5.41, 5.74) is 5.69. The van der Waals surface area contributed by atoms with E-state index in [9.17, 15) is 79.7 Å². The molecular formula is C52H84N10O15. The van der Waals surface area contributed by atoms with Crippen LogP contribution in [0.15, 0.2) is 24.3 Å². The van der Waals surface area contributed by atoms with E-state index in [0.29, 0.717) is 24.7 Å². The van der Waals surface area contributed by atoms with E-state index in [0.717, 1.165) is 67.4 Å². The number of phenols is 1. The van der Waals surface area contributed by atoms with Crippen LogP contribution in [0.3, 0.4) is 0 Å². The number of amides is 7. The first kappa shape index (κ1) is 64.0. The number of nitrogens with one attached hydrogen (secondary N) is 6. The highest BCUT2D eigenvalue weighted by Crippen LogP contribution is 2.27. The molecule has 432 valence electrons. The molecule has 0 saturated carbocycles. The van der Waals surface area contributed by atoms with Gasteiger partial charge in [-0.3, -0.25) is 38.9 Å². The maximum Gasteiger partial charge on any atom is 0.248 e. The van der Waals surface area contributed by atoms with Gasteiger partial charge in [0.15, 0.2) is 0 Å². The fraction of sp³-hybridized carbons (Fsp3) is 0.731.